The summed E-state index contributed by atoms with van der Waals surface area (Å²) < 4.78 is 0. The van der Waals surface area contributed by atoms with Crippen LogP contribution in [0.1, 0.15) is 12.8 Å². The molecule has 4 rings (SSSR count). The van der Waals surface area contributed by atoms with Crippen molar-refractivity contribution < 1.29 is 0 Å². The van der Waals surface area contributed by atoms with E-state index in [9.17, 15) is 0 Å². The topological polar surface area (TPSA) is 37.8 Å². The van der Waals surface area contributed by atoms with Crippen LogP contribution in [0.3, 0.4) is 0 Å². The molecular weight excluding hydrogens is 274 g/mol. The van der Waals surface area contributed by atoms with Gasteiger partial charge in [-0.05, 0) is 30.2 Å². The first-order valence-electron chi connectivity index (χ1n) is 6.42. The van der Waals surface area contributed by atoms with Crippen molar-refractivity contribution in [3.63, 3.8) is 0 Å². The first-order valence-corrected chi connectivity index (χ1v) is 8.17. The van der Waals surface area contributed by atoms with Gasteiger partial charge in [0.25, 0.3) is 0 Å². The van der Waals surface area contributed by atoms with Crippen molar-refractivity contribution in [3.05, 3.63) is 29.2 Å². The van der Waals surface area contributed by atoms with E-state index < -0.39 is 0 Å². The van der Waals surface area contributed by atoms with Crippen LogP contribution in [-0.4, -0.2) is 16.5 Å². The monoisotopic (exact) mass is 287 g/mol. The van der Waals surface area contributed by atoms with E-state index in [1.165, 1.54) is 28.7 Å². The lowest BCUT2D eigenvalue weighted by Crippen LogP contribution is -2.05. The summed E-state index contributed by atoms with van der Waals surface area (Å²) in [7, 11) is 0. The number of rotatable bonds is 4. The molecule has 1 saturated carbocycles. The van der Waals surface area contributed by atoms with Crippen molar-refractivity contribution >= 4 is 38.7 Å². The standard InChI is InChI=1S/C14H13N3S2/c1-2-11(18-5-1)10-7-19-14-12(10)13(16-8-17-14)15-6-9-3-4-9/h1-2,5,7-9H,3-4,6H2,(H,15,16,17). The zero-order valence-electron chi connectivity index (χ0n) is 10.3. The lowest BCUT2D eigenvalue weighted by molar-refractivity contribution is 0.884. The van der Waals surface area contributed by atoms with Gasteiger partial charge in [0, 0.05) is 22.4 Å². The van der Waals surface area contributed by atoms with Crippen LogP contribution in [0.15, 0.2) is 29.2 Å². The number of hydrogen-bond donors (Lipinski definition) is 1. The SMILES string of the molecule is c1csc(-c2csc3ncnc(NCC4CC4)c23)c1. The number of aromatic nitrogens is 2. The minimum absolute atomic E-state index is 0.842. The number of nitrogens with one attached hydrogen (secondary N) is 1. The summed E-state index contributed by atoms with van der Waals surface area (Å²) in [5.41, 5.74) is 1.26. The summed E-state index contributed by atoms with van der Waals surface area (Å²) >= 11 is 3.46. The Morgan fingerprint density at radius 2 is 2.21 bits per heavy atom. The van der Waals surface area contributed by atoms with Gasteiger partial charge in [0.05, 0.1) is 5.39 Å². The normalized spacial score (nSPS) is 14.9. The third-order valence-electron chi connectivity index (χ3n) is 3.41. The molecule has 0 radical (unpaired) electrons. The molecule has 5 heteroatoms. The van der Waals surface area contributed by atoms with Crippen molar-refractivity contribution in [3.8, 4) is 10.4 Å². The molecule has 0 saturated heterocycles. The highest BCUT2D eigenvalue weighted by Gasteiger charge is 2.22. The van der Waals surface area contributed by atoms with Crippen LogP contribution < -0.4 is 5.32 Å². The van der Waals surface area contributed by atoms with Gasteiger partial charge in [0.1, 0.15) is 17.0 Å². The summed E-state index contributed by atoms with van der Waals surface area (Å²) in [6.07, 6.45) is 4.36. The summed E-state index contributed by atoms with van der Waals surface area (Å²) in [4.78, 5) is 11.2. The van der Waals surface area contributed by atoms with E-state index in [1.807, 2.05) is 0 Å². The molecule has 3 nitrogen and oxygen atoms in total. The highest BCUT2D eigenvalue weighted by Crippen LogP contribution is 2.39. The first-order chi connectivity index (χ1) is 9.42. The van der Waals surface area contributed by atoms with Crippen LogP contribution in [0.25, 0.3) is 20.7 Å². The third kappa shape index (κ3) is 2.13. The molecule has 0 amide bonds. The zero-order chi connectivity index (χ0) is 12.7. The molecule has 3 aromatic rings. The average Bonchev–Trinajstić information content (AvgIpc) is 2.92. The van der Waals surface area contributed by atoms with Crippen molar-refractivity contribution in [2.24, 2.45) is 5.92 Å². The second-order valence-electron chi connectivity index (χ2n) is 4.85. The fourth-order valence-electron chi connectivity index (χ4n) is 2.19. The Morgan fingerprint density at radius 3 is 3.00 bits per heavy atom. The summed E-state index contributed by atoms with van der Waals surface area (Å²) in [5.74, 6) is 1.83. The first kappa shape index (κ1) is 11.4. The Hall–Kier alpha value is -1.46. The van der Waals surface area contributed by atoms with Gasteiger partial charge in [-0.15, -0.1) is 22.7 Å². The van der Waals surface area contributed by atoms with Gasteiger partial charge in [0.2, 0.25) is 0 Å². The fraction of sp³-hybridized carbons (Fsp3) is 0.286. The van der Waals surface area contributed by atoms with Crippen molar-refractivity contribution in [1.29, 1.82) is 0 Å². The lowest BCUT2D eigenvalue weighted by Gasteiger charge is -2.06. The summed E-state index contributed by atoms with van der Waals surface area (Å²) in [6.45, 7) is 1.03. The molecule has 1 aliphatic rings. The van der Waals surface area contributed by atoms with E-state index in [0.29, 0.717) is 0 Å². The predicted molar refractivity (Wildman–Crippen MR) is 81.9 cm³/mol. The molecule has 1 N–H and O–H groups in total. The smallest absolute Gasteiger partial charge is 0.138 e. The fourth-order valence-corrected chi connectivity index (χ4v) is 3.92. The summed E-state index contributed by atoms with van der Waals surface area (Å²) in [6, 6.07) is 4.24. The molecule has 19 heavy (non-hydrogen) atoms. The molecule has 3 heterocycles. The minimum atomic E-state index is 0.842. The molecule has 0 aromatic carbocycles. The Morgan fingerprint density at radius 1 is 1.26 bits per heavy atom. The molecule has 0 bridgehead atoms. The maximum atomic E-state index is 4.44. The molecule has 96 valence electrons. The molecule has 1 aliphatic carbocycles. The number of hydrogen-bond acceptors (Lipinski definition) is 5. The van der Waals surface area contributed by atoms with Gasteiger partial charge >= 0.3 is 0 Å². The largest absolute Gasteiger partial charge is 0.369 e. The number of nitrogens with zero attached hydrogens (tertiary/aromatic N) is 2. The second-order valence-corrected chi connectivity index (χ2v) is 6.66. The Kier molecular flexibility index (Phi) is 2.74. The van der Waals surface area contributed by atoms with E-state index in [1.54, 1.807) is 29.0 Å². The third-order valence-corrected chi connectivity index (χ3v) is 5.20. The lowest BCUT2D eigenvalue weighted by atomic mass is 10.2. The molecule has 3 aromatic heterocycles. The number of thiophene rings is 2. The Bertz CT molecular complexity index is 699. The van der Waals surface area contributed by atoms with Crippen LogP contribution in [0.4, 0.5) is 5.82 Å². The molecular formula is C14H13N3S2. The van der Waals surface area contributed by atoms with Crippen LogP contribution in [0.5, 0.6) is 0 Å². The maximum absolute atomic E-state index is 4.44. The van der Waals surface area contributed by atoms with Crippen molar-refractivity contribution in [1.82, 2.24) is 9.97 Å². The number of anilines is 1. The Labute approximate surface area is 119 Å². The van der Waals surface area contributed by atoms with Crippen LogP contribution in [0, 0.1) is 5.92 Å². The van der Waals surface area contributed by atoms with E-state index >= 15 is 0 Å². The second kappa shape index (κ2) is 4.58. The highest BCUT2D eigenvalue weighted by molar-refractivity contribution is 7.18. The van der Waals surface area contributed by atoms with Gasteiger partial charge < -0.3 is 5.32 Å². The van der Waals surface area contributed by atoms with Gasteiger partial charge in [-0.25, -0.2) is 9.97 Å². The van der Waals surface area contributed by atoms with Gasteiger partial charge in [-0.2, -0.15) is 0 Å². The van der Waals surface area contributed by atoms with Crippen molar-refractivity contribution in [2.75, 3.05) is 11.9 Å². The quantitative estimate of drug-likeness (QED) is 0.780. The molecule has 0 aliphatic heterocycles. The van der Waals surface area contributed by atoms with Crippen LogP contribution in [0.2, 0.25) is 0 Å². The zero-order valence-corrected chi connectivity index (χ0v) is 11.9. The molecule has 0 spiro atoms. The molecule has 0 atom stereocenters. The van der Waals surface area contributed by atoms with Gasteiger partial charge in [-0.3, -0.25) is 0 Å². The summed E-state index contributed by atoms with van der Waals surface area (Å²) in [5, 5.41) is 8.97. The Balaban J connectivity index is 1.80. The van der Waals surface area contributed by atoms with E-state index in [4.69, 9.17) is 0 Å². The molecule has 1 fully saturated rings. The molecule has 0 unspecified atom stereocenters. The van der Waals surface area contributed by atoms with Gasteiger partial charge in [0.15, 0.2) is 0 Å². The average molecular weight is 287 g/mol. The van der Waals surface area contributed by atoms with E-state index in [0.717, 1.165) is 23.1 Å². The number of fused-ring (bicyclic) bond motifs is 1. The van der Waals surface area contributed by atoms with Crippen LogP contribution in [-0.2, 0) is 0 Å². The van der Waals surface area contributed by atoms with Gasteiger partial charge in [-0.1, -0.05) is 6.07 Å². The highest BCUT2D eigenvalue weighted by atomic mass is 32.1. The maximum Gasteiger partial charge on any atom is 0.138 e. The van der Waals surface area contributed by atoms with E-state index in [-0.39, 0.29) is 0 Å². The predicted octanol–water partition coefficient (Wildman–Crippen LogP) is 4.24. The van der Waals surface area contributed by atoms with E-state index in [2.05, 4.69) is 38.2 Å². The van der Waals surface area contributed by atoms with Crippen molar-refractivity contribution in [2.45, 2.75) is 12.8 Å². The minimum Gasteiger partial charge on any atom is -0.369 e. The van der Waals surface area contributed by atoms with Crippen LogP contribution >= 0.6 is 22.7 Å².